The topological polar surface area (TPSA) is 99.0 Å². The molecule has 2 aliphatic carbocycles. The number of amides is 1. The summed E-state index contributed by atoms with van der Waals surface area (Å²) in [5.41, 5.74) is -1.35. The lowest BCUT2D eigenvalue weighted by molar-refractivity contribution is -0.117. The van der Waals surface area contributed by atoms with Crippen molar-refractivity contribution >= 4 is 22.6 Å². The molecule has 0 saturated heterocycles. The Balaban J connectivity index is 1.48. The van der Waals surface area contributed by atoms with Gasteiger partial charge in [0.1, 0.15) is 18.3 Å². The third-order valence-corrected chi connectivity index (χ3v) is 5.10. The molecule has 1 aromatic carbocycles. The van der Waals surface area contributed by atoms with Gasteiger partial charge >= 0.3 is 0 Å². The molecule has 0 radical (unpaired) electrons. The summed E-state index contributed by atoms with van der Waals surface area (Å²) in [7, 11) is 0. The minimum absolute atomic E-state index is 0.00277. The van der Waals surface area contributed by atoms with E-state index in [9.17, 15) is 18.4 Å². The number of carbonyl (C=O) groups excluding carboxylic acids is 1. The van der Waals surface area contributed by atoms with Crippen molar-refractivity contribution in [2.45, 2.75) is 44.0 Å². The summed E-state index contributed by atoms with van der Waals surface area (Å²) in [6.45, 7) is -0.411. The second kappa shape index (κ2) is 6.82. The quantitative estimate of drug-likeness (QED) is 0.667. The lowest BCUT2D eigenvalue weighted by Crippen LogP contribution is -2.30. The van der Waals surface area contributed by atoms with Crippen LogP contribution in [0.5, 0.6) is 5.88 Å². The highest BCUT2D eigenvalue weighted by molar-refractivity contribution is 5.90. The zero-order valence-electron chi connectivity index (χ0n) is 15.8. The van der Waals surface area contributed by atoms with Gasteiger partial charge in [0.15, 0.2) is 5.82 Å². The minimum Gasteiger partial charge on any atom is -0.473 e. The Morgan fingerprint density at radius 1 is 1.23 bits per heavy atom. The Hall–Kier alpha value is -3.43. The lowest BCUT2D eigenvalue weighted by atomic mass is 10.0. The summed E-state index contributed by atoms with van der Waals surface area (Å²) in [6, 6.07) is 4.76. The van der Waals surface area contributed by atoms with Gasteiger partial charge in [0, 0.05) is 0 Å². The van der Waals surface area contributed by atoms with Crippen molar-refractivity contribution < 1.29 is 18.3 Å². The lowest BCUT2D eigenvalue weighted by Gasteiger charge is -2.13. The summed E-state index contributed by atoms with van der Waals surface area (Å²) >= 11 is 0. The number of hydrogen-bond acceptors (Lipinski definition) is 6. The van der Waals surface area contributed by atoms with E-state index >= 15 is 0 Å². The molecule has 2 aliphatic rings. The molecular formula is C20H17F2N5O3. The first-order chi connectivity index (χ1) is 14.4. The smallest absolute Gasteiger partial charge is 0.275 e. The minimum atomic E-state index is -1.35. The van der Waals surface area contributed by atoms with Gasteiger partial charge in [-0.15, -0.1) is 5.10 Å². The van der Waals surface area contributed by atoms with E-state index in [2.05, 4.69) is 20.4 Å². The molecule has 154 valence electrons. The second-order valence-electron chi connectivity index (χ2n) is 7.58. The Labute approximate surface area is 168 Å². The highest BCUT2D eigenvalue weighted by Crippen LogP contribution is 2.50. The normalized spacial score (nSPS) is 17.0. The maximum atomic E-state index is 14.5. The number of anilines is 1. The van der Waals surface area contributed by atoms with Crippen LogP contribution in [-0.2, 0) is 17.0 Å². The zero-order chi connectivity index (χ0) is 20.9. The van der Waals surface area contributed by atoms with Gasteiger partial charge in [-0.2, -0.15) is 0 Å². The molecular weight excluding hydrogens is 396 g/mol. The molecule has 8 nitrogen and oxygen atoms in total. The first kappa shape index (κ1) is 18.6. The van der Waals surface area contributed by atoms with Crippen LogP contribution in [0.3, 0.4) is 0 Å². The van der Waals surface area contributed by atoms with Crippen LogP contribution in [0.2, 0.25) is 0 Å². The van der Waals surface area contributed by atoms with Gasteiger partial charge in [0.05, 0.1) is 23.2 Å². The van der Waals surface area contributed by atoms with Crippen LogP contribution in [0.1, 0.15) is 31.2 Å². The monoisotopic (exact) mass is 413 g/mol. The summed E-state index contributed by atoms with van der Waals surface area (Å²) < 4.78 is 34.3. The fourth-order valence-corrected chi connectivity index (χ4v) is 3.15. The molecule has 3 aromatic rings. The van der Waals surface area contributed by atoms with Gasteiger partial charge in [-0.25, -0.2) is 23.4 Å². The number of fused-ring (bicyclic) bond motifs is 1. The molecule has 0 bridgehead atoms. The van der Waals surface area contributed by atoms with Gasteiger partial charge in [0.25, 0.3) is 5.56 Å². The zero-order valence-corrected chi connectivity index (χ0v) is 15.8. The molecule has 0 aliphatic heterocycles. The van der Waals surface area contributed by atoms with E-state index in [0.717, 1.165) is 29.9 Å². The Bertz CT molecular complexity index is 1200. The van der Waals surface area contributed by atoms with Gasteiger partial charge in [-0.3, -0.25) is 14.9 Å². The van der Waals surface area contributed by atoms with Gasteiger partial charge in [-0.05, 0) is 43.4 Å². The third kappa shape index (κ3) is 3.60. The van der Waals surface area contributed by atoms with Crippen molar-refractivity contribution in [2.75, 3.05) is 5.32 Å². The van der Waals surface area contributed by atoms with Gasteiger partial charge < -0.3 is 4.74 Å². The van der Waals surface area contributed by atoms with Crippen LogP contribution in [0.4, 0.5) is 14.7 Å². The van der Waals surface area contributed by atoms with E-state index in [-0.39, 0.29) is 17.9 Å². The molecule has 1 amide bonds. The number of aromatic nitrogens is 4. The van der Waals surface area contributed by atoms with Crippen LogP contribution in [0.25, 0.3) is 10.8 Å². The first-order valence-electron chi connectivity index (χ1n) is 9.60. The number of benzene rings is 1. The second-order valence-corrected chi connectivity index (χ2v) is 7.58. The summed E-state index contributed by atoms with van der Waals surface area (Å²) in [6.07, 6.45) is 4.48. The van der Waals surface area contributed by atoms with Crippen LogP contribution in [0.15, 0.2) is 35.4 Å². The van der Waals surface area contributed by atoms with E-state index < -0.39 is 29.5 Å². The number of alkyl halides is 1. The Kier molecular flexibility index (Phi) is 4.23. The van der Waals surface area contributed by atoms with Crippen LogP contribution >= 0.6 is 0 Å². The summed E-state index contributed by atoms with van der Waals surface area (Å²) in [4.78, 5) is 32.5. The van der Waals surface area contributed by atoms with E-state index in [0.29, 0.717) is 29.2 Å². The highest BCUT2D eigenvalue weighted by atomic mass is 19.1. The predicted octanol–water partition coefficient (Wildman–Crippen LogP) is 2.46. The number of rotatable bonds is 6. The van der Waals surface area contributed by atoms with Gasteiger partial charge in [-0.1, -0.05) is 6.07 Å². The molecule has 10 heteroatoms. The molecule has 5 rings (SSSR count). The standard InChI is InChI=1S/C20H17F2N5O3/c21-12-8-23-19(24-9-12)25-16(28)10-27-18(29)14-4-1-11(20(22)5-6-20)7-15(14)17(26-27)30-13-2-3-13/h1,4,7-9,13H,2-3,5-6,10H2,(H,23,24,25,28). The number of carbonyl (C=O) groups is 1. The fourth-order valence-electron chi connectivity index (χ4n) is 3.15. The summed E-state index contributed by atoms with van der Waals surface area (Å²) in [5.74, 6) is -1.14. The summed E-state index contributed by atoms with van der Waals surface area (Å²) in [5, 5.41) is 7.33. The molecule has 0 spiro atoms. The van der Waals surface area contributed by atoms with Crippen molar-refractivity contribution in [3.8, 4) is 5.88 Å². The Morgan fingerprint density at radius 3 is 2.63 bits per heavy atom. The Morgan fingerprint density at radius 2 is 1.97 bits per heavy atom. The van der Waals surface area contributed by atoms with Crippen LogP contribution < -0.4 is 15.6 Å². The molecule has 2 aromatic heterocycles. The maximum absolute atomic E-state index is 14.5. The molecule has 30 heavy (non-hydrogen) atoms. The van der Waals surface area contributed by atoms with Crippen molar-refractivity contribution in [1.29, 1.82) is 0 Å². The van der Waals surface area contributed by atoms with Crippen molar-refractivity contribution in [3.05, 3.63) is 52.3 Å². The molecule has 0 unspecified atom stereocenters. The predicted molar refractivity (Wildman–Crippen MR) is 102 cm³/mol. The van der Waals surface area contributed by atoms with Crippen molar-refractivity contribution in [3.63, 3.8) is 0 Å². The van der Waals surface area contributed by atoms with Crippen LogP contribution in [0, 0.1) is 5.82 Å². The number of hydrogen-bond donors (Lipinski definition) is 1. The molecule has 2 fully saturated rings. The van der Waals surface area contributed by atoms with Gasteiger partial charge in [0.2, 0.25) is 17.7 Å². The van der Waals surface area contributed by atoms with Crippen LogP contribution in [-0.4, -0.2) is 31.8 Å². The SMILES string of the molecule is O=C(Cn1nc(OC2CC2)c2cc(C3(F)CC3)ccc2c1=O)Nc1ncc(F)cn1. The number of nitrogens with one attached hydrogen (secondary N) is 1. The van der Waals surface area contributed by atoms with E-state index in [4.69, 9.17) is 4.74 Å². The van der Waals surface area contributed by atoms with Crippen molar-refractivity contribution in [2.24, 2.45) is 0 Å². The number of halogens is 2. The average Bonchev–Trinajstić information content (AvgIpc) is 3.65. The van der Waals surface area contributed by atoms with Crippen molar-refractivity contribution in [1.82, 2.24) is 19.7 Å². The average molecular weight is 413 g/mol. The molecule has 0 atom stereocenters. The fraction of sp³-hybridized carbons (Fsp3) is 0.350. The number of nitrogens with zero attached hydrogens (tertiary/aromatic N) is 4. The molecule has 1 N–H and O–H groups in total. The first-order valence-corrected chi connectivity index (χ1v) is 9.60. The largest absolute Gasteiger partial charge is 0.473 e. The van der Waals surface area contributed by atoms with E-state index in [1.165, 1.54) is 0 Å². The van der Waals surface area contributed by atoms with E-state index in [1.807, 2.05) is 0 Å². The van der Waals surface area contributed by atoms with E-state index in [1.54, 1.807) is 18.2 Å². The molecule has 2 saturated carbocycles. The third-order valence-electron chi connectivity index (χ3n) is 5.10. The maximum Gasteiger partial charge on any atom is 0.275 e. The number of ether oxygens (including phenoxy) is 1. The molecule has 2 heterocycles. The highest BCUT2D eigenvalue weighted by Gasteiger charge is 2.45.